The molecule has 0 bridgehead atoms. The van der Waals surface area contributed by atoms with Crippen LogP contribution in [-0.2, 0) is 19.9 Å². The summed E-state index contributed by atoms with van der Waals surface area (Å²) in [6.07, 6.45) is 3.53. The topological polar surface area (TPSA) is 56.7 Å². The van der Waals surface area contributed by atoms with Crippen molar-refractivity contribution in [2.45, 2.75) is 39.2 Å². The predicted octanol–water partition coefficient (Wildman–Crippen LogP) is 2.03. The Morgan fingerprint density at radius 2 is 2.11 bits per heavy atom. The Hall–Kier alpha value is -1.20. The lowest BCUT2D eigenvalue weighted by atomic mass is 10.1. The van der Waals surface area contributed by atoms with Gasteiger partial charge in [-0.3, -0.25) is 4.68 Å². The number of rotatable bonds is 2. The van der Waals surface area contributed by atoms with Crippen LogP contribution >= 0.6 is 11.3 Å². The molecule has 0 saturated carbocycles. The maximum Gasteiger partial charge on any atom is 0.115 e. The molecule has 2 N–H and O–H groups in total. The summed E-state index contributed by atoms with van der Waals surface area (Å²) in [5.74, 6) is 0. The van der Waals surface area contributed by atoms with E-state index in [0.717, 1.165) is 28.4 Å². The standard InChI is InChI=1S/C13H18N4S/c1-7-11(8(2)17(3)16-7)12(14)13-15-9-5-4-6-10(9)18-13/h12H,4-6,14H2,1-3H3. The van der Waals surface area contributed by atoms with Crippen molar-refractivity contribution < 1.29 is 0 Å². The highest BCUT2D eigenvalue weighted by atomic mass is 32.1. The molecule has 1 atom stereocenters. The molecular formula is C13H18N4S. The lowest BCUT2D eigenvalue weighted by Gasteiger charge is -2.09. The molecule has 1 unspecified atom stereocenters. The minimum Gasteiger partial charge on any atom is -0.318 e. The molecule has 0 saturated heterocycles. The Labute approximate surface area is 111 Å². The first-order valence-electron chi connectivity index (χ1n) is 6.32. The van der Waals surface area contributed by atoms with E-state index in [9.17, 15) is 0 Å². The Morgan fingerprint density at radius 3 is 2.72 bits per heavy atom. The minimum absolute atomic E-state index is 0.130. The van der Waals surface area contributed by atoms with Crippen molar-refractivity contribution in [1.29, 1.82) is 0 Å². The minimum atomic E-state index is -0.130. The summed E-state index contributed by atoms with van der Waals surface area (Å²) in [5.41, 5.74) is 10.9. The number of thiazole rings is 1. The average molecular weight is 262 g/mol. The lowest BCUT2D eigenvalue weighted by molar-refractivity contribution is 0.727. The summed E-state index contributed by atoms with van der Waals surface area (Å²) < 4.78 is 1.89. The second-order valence-electron chi connectivity index (χ2n) is 4.96. The number of fused-ring (bicyclic) bond motifs is 1. The van der Waals surface area contributed by atoms with E-state index < -0.39 is 0 Å². The SMILES string of the molecule is Cc1nn(C)c(C)c1C(N)c1nc2c(s1)CCC2. The van der Waals surface area contributed by atoms with Gasteiger partial charge in [-0.05, 0) is 33.1 Å². The molecule has 2 aromatic rings. The van der Waals surface area contributed by atoms with Crippen LogP contribution in [0.3, 0.4) is 0 Å². The third kappa shape index (κ3) is 1.69. The van der Waals surface area contributed by atoms with E-state index in [2.05, 4.69) is 12.0 Å². The number of nitrogens with zero attached hydrogens (tertiary/aromatic N) is 3. The molecular weight excluding hydrogens is 244 g/mol. The highest BCUT2D eigenvalue weighted by molar-refractivity contribution is 7.11. The largest absolute Gasteiger partial charge is 0.318 e. The van der Waals surface area contributed by atoms with Gasteiger partial charge in [-0.15, -0.1) is 11.3 Å². The first-order chi connectivity index (χ1) is 8.58. The summed E-state index contributed by atoms with van der Waals surface area (Å²) >= 11 is 1.78. The van der Waals surface area contributed by atoms with E-state index in [1.807, 2.05) is 18.7 Å². The Bertz CT molecular complexity index is 575. The zero-order valence-electron chi connectivity index (χ0n) is 11.0. The van der Waals surface area contributed by atoms with E-state index in [4.69, 9.17) is 10.7 Å². The van der Waals surface area contributed by atoms with E-state index in [1.165, 1.54) is 23.4 Å². The van der Waals surface area contributed by atoms with Gasteiger partial charge < -0.3 is 5.73 Å². The zero-order valence-corrected chi connectivity index (χ0v) is 11.8. The zero-order chi connectivity index (χ0) is 12.9. The molecule has 0 aliphatic heterocycles. The molecule has 2 heterocycles. The fourth-order valence-electron chi connectivity index (χ4n) is 2.71. The van der Waals surface area contributed by atoms with Crippen LogP contribution in [0, 0.1) is 13.8 Å². The first-order valence-corrected chi connectivity index (χ1v) is 7.13. The van der Waals surface area contributed by atoms with Crippen LogP contribution in [0.15, 0.2) is 0 Å². The molecule has 4 nitrogen and oxygen atoms in total. The normalized spacial score (nSPS) is 16.0. The molecule has 96 valence electrons. The summed E-state index contributed by atoms with van der Waals surface area (Å²) in [6.45, 7) is 4.08. The number of aromatic nitrogens is 3. The van der Waals surface area contributed by atoms with Crippen LogP contribution in [0.2, 0.25) is 0 Å². The van der Waals surface area contributed by atoms with Crippen LogP contribution in [0.5, 0.6) is 0 Å². The van der Waals surface area contributed by atoms with Crippen LogP contribution in [0.1, 0.15) is 45.0 Å². The van der Waals surface area contributed by atoms with Crippen molar-refractivity contribution in [3.05, 3.63) is 32.5 Å². The van der Waals surface area contributed by atoms with Gasteiger partial charge in [0.15, 0.2) is 0 Å². The van der Waals surface area contributed by atoms with E-state index >= 15 is 0 Å². The number of hydrogen-bond acceptors (Lipinski definition) is 4. The summed E-state index contributed by atoms with van der Waals surface area (Å²) in [6, 6.07) is -0.130. The number of aryl methyl sites for hydroxylation is 4. The fraction of sp³-hybridized carbons (Fsp3) is 0.538. The molecule has 0 fully saturated rings. The Morgan fingerprint density at radius 1 is 1.33 bits per heavy atom. The number of nitrogens with two attached hydrogens (primary N) is 1. The van der Waals surface area contributed by atoms with Crippen molar-refractivity contribution in [1.82, 2.24) is 14.8 Å². The summed E-state index contributed by atoms with van der Waals surface area (Å²) in [4.78, 5) is 6.15. The van der Waals surface area contributed by atoms with E-state index in [0.29, 0.717) is 0 Å². The second-order valence-corrected chi connectivity index (χ2v) is 6.08. The summed E-state index contributed by atoms with van der Waals surface area (Å²) in [5, 5.41) is 5.47. The highest BCUT2D eigenvalue weighted by Gasteiger charge is 2.24. The molecule has 2 aromatic heterocycles. The molecule has 5 heteroatoms. The van der Waals surface area contributed by atoms with Crippen LogP contribution in [-0.4, -0.2) is 14.8 Å². The third-order valence-electron chi connectivity index (χ3n) is 3.75. The van der Waals surface area contributed by atoms with E-state index in [-0.39, 0.29) is 6.04 Å². The van der Waals surface area contributed by atoms with Gasteiger partial charge in [-0.2, -0.15) is 5.10 Å². The number of hydrogen-bond donors (Lipinski definition) is 1. The van der Waals surface area contributed by atoms with Crippen LogP contribution in [0.4, 0.5) is 0 Å². The highest BCUT2D eigenvalue weighted by Crippen LogP contribution is 2.33. The van der Waals surface area contributed by atoms with Gasteiger partial charge >= 0.3 is 0 Å². The molecule has 0 amide bonds. The average Bonchev–Trinajstić information content (AvgIpc) is 2.93. The monoisotopic (exact) mass is 262 g/mol. The molecule has 1 aliphatic carbocycles. The van der Waals surface area contributed by atoms with Gasteiger partial charge in [-0.25, -0.2) is 4.98 Å². The van der Waals surface area contributed by atoms with Crippen molar-refractivity contribution in [3.8, 4) is 0 Å². The van der Waals surface area contributed by atoms with Crippen molar-refractivity contribution >= 4 is 11.3 Å². The molecule has 0 aromatic carbocycles. The first kappa shape index (κ1) is 11.9. The Balaban J connectivity index is 2.00. The van der Waals surface area contributed by atoms with Gasteiger partial charge in [-0.1, -0.05) is 0 Å². The quantitative estimate of drug-likeness (QED) is 0.901. The van der Waals surface area contributed by atoms with Gasteiger partial charge in [0.2, 0.25) is 0 Å². The molecule has 0 radical (unpaired) electrons. The smallest absolute Gasteiger partial charge is 0.115 e. The summed E-state index contributed by atoms with van der Waals surface area (Å²) in [7, 11) is 1.96. The third-order valence-corrected chi connectivity index (χ3v) is 4.99. The van der Waals surface area contributed by atoms with Crippen molar-refractivity contribution in [2.75, 3.05) is 0 Å². The molecule has 1 aliphatic rings. The Kier molecular flexibility index (Phi) is 2.75. The fourth-order valence-corrected chi connectivity index (χ4v) is 3.87. The van der Waals surface area contributed by atoms with Gasteiger partial charge in [0, 0.05) is 23.2 Å². The molecule has 18 heavy (non-hydrogen) atoms. The molecule has 3 rings (SSSR count). The maximum absolute atomic E-state index is 6.39. The maximum atomic E-state index is 6.39. The van der Waals surface area contributed by atoms with Gasteiger partial charge in [0.1, 0.15) is 5.01 Å². The lowest BCUT2D eigenvalue weighted by Crippen LogP contribution is -2.14. The van der Waals surface area contributed by atoms with Crippen molar-refractivity contribution in [3.63, 3.8) is 0 Å². The van der Waals surface area contributed by atoms with Crippen LogP contribution < -0.4 is 5.73 Å². The van der Waals surface area contributed by atoms with Crippen LogP contribution in [0.25, 0.3) is 0 Å². The van der Waals surface area contributed by atoms with E-state index in [1.54, 1.807) is 11.3 Å². The van der Waals surface area contributed by atoms with Gasteiger partial charge in [0.25, 0.3) is 0 Å². The molecule has 0 spiro atoms. The van der Waals surface area contributed by atoms with Gasteiger partial charge in [0.05, 0.1) is 17.4 Å². The second kappa shape index (κ2) is 4.17. The predicted molar refractivity (Wildman–Crippen MR) is 72.9 cm³/mol. The van der Waals surface area contributed by atoms with Crippen molar-refractivity contribution in [2.24, 2.45) is 12.8 Å².